The lowest BCUT2D eigenvalue weighted by atomic mass is 10.1. The number of ether oxygens (including phenoxy) is 1. The van der Waals surface area contributed by atoms with Gasteiger partial charge in [0.05, 0.1) is 20.2 Å². The molecule has 1 aliphatic rings. The summed E-state index contributed by atoms with van der Waals surface area (Å²) in [6.45, 7) is 2.51. The van der Waals surface area contributed by atoms with Crippen LogP contribution in [0.4, 0.5) is 0 Å². The van der Waals surface area contributed by atoms with E-state index in [0.717, 1.165) is 17.1 Å². The lowest BCUT2D eigenvalue weighted by Gasteiger charge is -2.35. The monoisotopic (exact) mass is 357 g/mol. The molecule has 1 atom stereocenters. The molecule has 1 N–H and O–H groups in total. The third kappa shape index (κ3) is 3.54. The number of methoxy groups -OCH3 is 1. The third-order valence-corrected chi connectivity index (χ3v) is 4.71. The molecule has 1 aliphatic heterocycles. The van der Waals surface area contributed by atoms with E-state index in [1.807, 2.05) is 35.8 Å². The first-order valence-electron chi connectivity index (χ1n) is 8.56. The van der Waals surface area contributed by atoms with Gasteiger partial charge in [-0.1, -0.05) is 12.1 Å². The van der Waals surface area contributed by atoms with Crippen LogP contribution in [0, 0.1) is 6.92 Å². The zero-order valence-corrected chi connectivity index (χ0v) is 15.2. The van der Waals surface area contributed by atoms with Gasteiger partial charge in [0, 0.05) is 13.5 Å². The quantitative estimate of drug-likeness (QED) is 0.850. The van der Waals surface area contributed by atoms with Crippen molar-refractivity contribution in [3.63, 3.8) is 0 Å². The molecule has 26 heavy (non-hydrogen) atoms. The SMILES string of the molecule is CNC(=O)C1Cn2c(C)nnc2CN1C(=O)CCc1ccc(OC)cc1. The second kappa shape index (κ2) is 7.55. The Bertz CT molecular complexity index is 800. The minimum atomic E-state index is -0.550. The average Bonchev–Trinajstić information content (AvgIpc) is 3.05. The molecule has 3 rings (SSSR count). The van der Waals surface area contributed by atoms with Crippen LogP contribution in [-0.4, -0.2) is 51.7 Å². The summed E-state index contributed by atoms with van der Waals surface area (Å²) in [5, 5.41) is 10.8. The van der Waals surface area contributed by atoms with Gasteiger partial charge in [-0.3, -0.25) is 9.59 Å². The first-order chi connectivity index (χ1) is 12.5. The minimum absolute atomic E-state index is 0.0682. The first-order valence-corrected chi connectivity index (χ1v) is 8.56. The molecule has 8 heteroatoms. The Morgan fingerprint density at radius 1 is 1.27 bits per heavy atom. The number of nitrogens with zero attached hydrogens (tertiary/aromatic N) is 4. The Hall–Kier alpha value is -2.90. The molecule has 138 valence electrons. The van der Waals surface area contributed by atoms with Gasteiger partial charge >= 0.3 is 0 Å². The van der Waals surface area contributed by atoms with Crippen LogP contribution in [0.2, 0.25) is 0 Å². The molecule has 0 saturated heterocycles. The first kappa shape index (κ1) is 17.9. The van der Waals surface area contributed by atoms with Crippen LogP contribution in [0.3, 0.4) is 0 Å². The van der Waals surface area contributed by atoms with Gasteiger partial charge in [-0.15, -0.1) is 10.2 Å². The van der Waals surface area contributed by atoms with Crippen molar-refractivity contribution in [1.82, 2.24) is 25.0 Å². The van der Waals surface area contributed by atoms with Crippen molar-refractivity contribution >= 4 is 11.8 Å². The van der Waals surface area contributed by atoms with Crippen LogP contribution < -0.4 is 10.1 Å². The zero-order chi connectivity index (χ0) is 18.7. The number of likely N-dealkylation sites (N-methyl/N-ethyl adjacent to an activating group) is 1. The number of aryl methyl sites for hydroxylation is 2. The van der Waals surface area contributed by atoms with E-state index in [1.165, 1.54) is 0 Å². The summed E-state index contributed by atoms with van der Waals surface area (Å²) in [5.74, 6) is 1.99. The van der Waals surface area contributed by atoms with Crippen LogP contribution in [0.5, 0.6) is 5.75 Å². The van der Waals surface area contributed by atoms with Crippen molar-refractivity contribution in [2.75, 3.05) is 14.2 Å². The van der Waals surface area contributed by atoms with Gasteiger partial charge in [0.1, 0.15) is 17.6 Å². The summed E-state index contributed by atoms with van der Waals surface area (Å²) in [5.41, 5.74) is 1.05. The highest BCUT2D eigenvalue weighted by Crippen LogP contribution is 2.20. The molecule has 0 saturated carbocycles. The maximum absolute atomic E-state index is 12.8. The van der Waals surface area contributed by atoms with Gasteiger partial charge in [-0.2, -0.15) is 0 Å². The largest absolute Gasteiger partial charge is 0.497 e. The highest BCUT2D eigenvalue weighted by atomic mass is 16.5. The van der Waals surface area contributed by atoms with Crippen molar-refractivity contribution in [3.05, 3.63) is 41.5 Å². The number of amides is 2. The number of hydrogen-bond donors (Lipinski definition) is 1. The van der Waals surface area contributed by atoms with Crippen LogP contribution in [0.25, 0.3) is 0 Å². The number of rotatable bonds is 5. The number of fused-ring (bicyclic) bond motifs is 1. The predicted molar refractivity (Wildman–Crippen MR) is 94.5 cm³/mol. The molecule has 1 aromatic heterocycles. The third-order valence-electron chi connectivity index (χ3n) is 4.71. The number of carbonyl (C=O) groups excluding carboxylic acids is 2. The van der Waals surface area contributed by atoms with Crippen LogP contribution in [0.15, 0.2) is 24.3 Å². The van der Waals surface area contributed by atoms with Gasteiger partial charge in [0.15, 0.2) is 5.82 Å². The number of benzene rings is 1. The molecule has 0 aliphatic carbocycles. The van der Waals surface area contributed by atoms with Crippen LogP contribution in [0.1, 0.15) is 23.6 Å². The van der Waals surface area contributed by atoms with Crippen molar-refractivity contribution in [3.8, 4) is 5.75 Å². The fraction of sp³-hybridized carbons (Fsp3) is 0.444. The van der Waals surface area contributed by atoms with E-state index in [1.54, 1.807) is 19.1 Å². The second-order valence-electron chi connectivity index (χ2n) is 6.27. The molecular formula is C18H23N5O3. The average molecular weight is 357 g/mol. The lowest BCUT2D eigenvalue weighted by Crippen LogP contribution is -2.53. The molecule has 2 amide bonds. The Kier molecular flexibility index (Phi) is 5.20. The number of nitrogens with one attached hydrogen (secondary N) is 1. The molecule has 8 nitrogen and oxygen atoms in total. The Morgan fingerprint density at radius 2 is 2.00 bits per heavy atom. The van der Waals surface area contributed by atoms with E-state index in [2.05, 4.69) is 15.5 Å². The Balaban J connectivity index is 1.72. The highest BCUT2D eigenvalue weighted by molar-refractivity contribution is 5.87. The van der Waals surface area contributed by atoms with Gasteiger partial charge in [0.2, 0.25) is 11.8 Å². The fourth-order valence-electron chi connectivity index (χ4n) is 3.15. The van der Waals surface area contributed by atoms with Crippen LogP contribution in [-0.2, 0) is 29.1 Å². The van der Waals surface area contributed by atoms with E-state index in [9.17, 15) is 9.59 Å². The van der Waals surface area contributed by atoms with Crippen molar-refractivity contribution < 1.29 is 14.3 Å². The summed E-state index contributed by atoms with van der Waals surface area (Å²) in [7, 11) is 3.20. The van der Waals surface area contributed by atoms with E-state index < -0.39 is 6.04 Å². The number of aromatic nitrogens is 3. The topological polar surface area (TPSA) is 89.4 Å². The highest BCUT2D eigenvalue weighted by Gasteiger charge is 2.35. The number of carbonyl (C=O) groups is 2. The lowest BCUT2D eigenvalue weighted by molar-refractivity contribution is -0.142. The van der Waals surface area contributed by atoms with E-state index >= 15 is 0 Å². The molecule has 0 fully saturated rings. The molecule has 1 unspecified atom stereocenters. The summed E-state index contributed by atoms with van der Waals surface area (Å²) >= 11 is 0. The summed E-state index contributed by atoms with van der Waals surface area (Å²) in [4.78, 5) is 26.7. The maximum atomic E-state index is 12.8. The van der Waals surface area contributed by atoms with E-state index in [0.29, 0.717) is 31.8 Å². The van der Waals surface area contributed by atoms with Gasteiger partial charge in [0.25, 0.3) is 0 Å². The molecule has 0 radical (unpaired) electrons. The van der Waals surface area contributed by atoms with Crippen molar-refractivity contribution in [1.29, 1.82) is 0 Å². The standard InChI is InChI=1S/C18H23N5O3/c1-12-20-21-16-11-23(15(10-22(12)16)18(25)19-2)17(24)9-6-13-4-7-14(26-3)8-5-13/h4-5,7-8,15H,6,9-11H2,1-3H3,(H,19,25). The molecular weight excluding hydrogens is 334 g/mol. The van der Waals surface area contributed by atoms with Crippen molar-refractivity contribution in [2.45, 2.75) is 38.9 Å². The molecule has 2 heterocycles. The smallest absolute Gasteiger partial charge is 0.244 e. The normalized spacial score (nSPS) is 16.1. The Labute approximate surface area is 152 Å². The Morgan fingerprint density at radius 3 is 2.65 bits per heavy atom. The second-order valence-corrected chi connectivity index (χ2v) is 6.27. The molecule has 2 aromatic rings. The number of hydrogen-bond acceptors (Lipinski definition) is 5. The van der Waals surface area contributed by atoms with Crippen LogP contribution >= 0.6 is 0 Å². The zero-order valence-electron chi connectivity index (χ0n) is 15.2. The molecule has 0 bridgehead atoms. The van der Waals surface area contributed by atoms with E-state index in [4.69, 9.17) is 4.74 Å². The predicted octanol–water partition coefficient (Wildman–Crippen LogP) is 0.685. The summed E-state index contributed by atoms with van der Waals surface area (Å²) < 4.78 is 7.04. The minimum Gasteiger partial charge on any atom is -0.497 e. The fourth-order valence-corrected chi connectivity index (χ4v) is 3.15. The summed E-state index contributed by atoms with van der Waals surface area (Å²) in [6.07, 6.45) is 0.929. The van der Waals surface area contributed by atoms with E-state index in [-0.39, 0.29) is 11.8 Å². The van der Waals surface area contributed by atoms with Gasteiger partial charge in [-0.25, -0.2) is 0 Å². The molecule has 1 aromatic carbocycles. The van der Waals surface area contributed by atoms with Gasteiger partial charge in [-0.05, 0) is 31.0 Å². The van der Waals surface area contributed by atoms with Crippen molar-refractivity contribution in [2.24, 2.45) is 0 Å². The van der Waals surface area contributed by atoms with Gasteiger partial charge < -0.3 is 19.5 Å². The maximum Gasteiger partial charge on any atom is 0.244 e. The summed E-state index contributed by atoms with van der Waals surface area (Å²) in [6, 6.07) is 7.08. The molecule has 0 spiro atoms.